The number of amides is 2. The van der Waals surface area contributed by atoms with Crippen molar-refractivity contribution in [3.63, 3.8) is 0 Å². The predicted molar refractivity (Wildman–Crippen MR) is 87.9 cm³/mol. The molecule has 0 aromatic heterocycles. The van der Waals surface area contributed by atoms with Crippen LogP contribution in [0.5, 0.6) is 0 Å². The van der Waals surface area contributed by atoms with Gasteiger partial charge in [0.05, 0.1) is 16.2 Å². The molecule has 11 heteroatoms. The Morgan fingerprint density at radius 2 is 1.77 bits per heavy atom. The molecule has 1 aromatic rings. The van der Waals surface area contributed by atoms with Gasteiger partial charge in [0.1, 0.15) is 0 Å². The van der Waals surface area contributed by atoms with Crippen LogP contribution in [0.25, 0.3) is 0 Å². The number of hydrogen-bond donors (Lipinski definition) is 0. The van der Waals surface area contributed by atoms with Crippen molar-refractivity contribution in [1.29, 1.82) is 0 Å². The van der Waals surface area contributed by atoms with Crippen molar-refractivity contribution in [3.8, 4) is 0 Å². The SMILES string of the molecule is O=C1CSC(=O)N1C1CCN(S(=O)(=O)c2cccc(C(F)(F)F)c2)CC1. The van der Waals surface area contributed by atoms with Gasteiger partial charge >= 0.3 is 6.18 Å². The van der Waals surface area contributed by atoms with E-state index >= 15 is 0 Å². The fraction of sp³-hybridized carbons (Fsp3) is 0.467. The number of alkyl halides is 3. The van der Waals surface area contributed by atoms with Gasteiger partial charge in [-0.25, -0.2) is 8.42 Å². The van der Waals surface area contributed by atoms with Crippen molar-refractivity contribution in [2.75, 3.05) is 18.8 Å². The quantitative estimate of drug-likeness (QED) is 0.769. The summed E-state index contributed by atoms with van der Waals surface area (Å²) in [6, 6.07) is 3.24. The second-order valence-electron chi connectivity index (χ2n) is 5.98. The molecule has 2 heterocycles. The summed E-state index contributed by atoms with van der Waals surface area (Å²) in [5, 5.41) is -0.339. The Kier molecular flexibility index (Phi) is 5.06. The Morgan fingerprint density at radius 3 is 2.31 bits per heavy atom. The number of rotatable bonds is 3. The lowest BCUT2D eigenvalue weighted by Crippen LogP contribution is -2.48. The number of nitrogens with zero attached hydrogens (tertiary/aromatic N) is 2. The molecule has 2 fully saturated rings. The minimum absolute atomic E-state index is 0.0327. The van der Waals surface area contributed by atoms with Crippen LogP contribution >= 0.6 is 11.8 Å². The van der Waals surface area contributed by atoms with Crippen LogP contribution in [0.15, 0.2) is 29.2 Å². The Bertz CT molecular complexity index is 818. The summed E-state index contributed by atoms with van der Waals surface area (Å²) in [7, 11) is -4.08. The van der Waals surface area contributed by atoms with E-state index in [4.69, 9.17) is 0 Å². The highest BCUT2D eigenvalue weighted by atomic mass is 32.2. The number of hydrogen-bond acceptors (Lipinski definition) is 5. The minimum Gasteiger partial charge on any atom is -0.273 e. The highest BCUT2D eigenvalue weighted by molar-refractivity contribution is 8.14. The van der Waals surface area contributed by atoms with Crippen LogP contribution in [0.1, 0.15) is 18.4 Å². The van der Waals surface area contributed by atoms with Crippen molar-refractivity contribution in [2.24, 2.45) is 0 Å². The van der Waals surface area contributed by atoms with Crippen LogP contribution in [0.4, 0.5) is 18.0 Å². The average molecular weight is 408 g/mol. The summed E-state index contributed by atoms with van der Waals surface area (Å²) in [5.41, 5.74) is -1.03. The second-order valence-corrected chi connectivity index (χ2v) is 8.84. The first-order valence-electron chi connectivity index (χ1n) is 7.77. The van der Waals surface area contributed by atoms with Gasteiger partial charge < -0.3 is 0 Å². The van der Waals surface area contributed by atoms with Gasteiger partial charge in [0.15, 0.2) is 0 Å². The van der Waals surface area contributed by atoms with Crippen molar-refractivity contribution < 1.29 is 31.2 Å². The van der Waals surface area contributed by atoms with Gasteiger partial charge in [0.2, 0.25) is 15.9 Å². The molecule has 2 saturated heterocycles. The van der Waals surface area contributed by atoms with E-state index in [-0.39, 0.29) is 48.9 Å². The zero-order valence-corrected chi connectivity index (χ0v) is 15.0. The predicted octanol–water partition coefficient (Wildman–Crippen LogP) is 2.55. The Balaban J connectivity index is 1.74. The summed E-state index contributed by atoms with van der Waals surface area (Å²) in [6.07, 6.45) is -4.11. The molecule has 142 valence electrons. The first-order valence-corrected chi connectivity index (χ1v) is 10.2. The molecule has 6 nitrogen and oxygen atoms in total. The van der Waals surface area contributed by atoms with Gasteiger partial charge in [0, 0.05) is 19.1 Å². The molecule has 0 unspecified atom stereocenters. The highest BCUT2D eigenvalue weighted by Crippen LogP contribution is 2.32. The van der Waals surface area contributed by atoms with Crippen LogP contribution in [0.2, 0.25) is 0 Å². The van der Waals surface area contributed by atoms with Gasteiger partial charge in [-0.3, -0.25) is 14.5 Å². The second kappa shape index (κ2) is 6.86. The van der Waals surface area contributed by atoms with Crippen LogP contribution in [0.3, 0.4) is 0 Å². The van der Waals surface area contributed by atoms with E-state index in [0.717, 1.165) is 34.3 Å². The molecule has 0 atom stereocenters. The molecule has 2 aliphatic heterocycles. The normalized spacial score (nSPS) is 20.8. The Morgan fingerprint density at radius 1 is 1.12 bits per heavy atom. The number of carbonyl (C=O) groups is 2. The van der Waals surface area contributed by atoms with E-state index in [2.05, 4.69) is 0 Å². The topological polar surface area (TPSA) is 74.8 Å². The number of benzene rings is 1. The largest absolute Gasteiger partial charge is 0.416 e. The van der Waals surface area contributed by atoms with Gasteiger partial charge in [-0.05, 0) is 31.0 Å². The average Bonchev–Trinajstić information content (AvgIpc) is 2.93. The fourth-order valence-electron chi connectivity index (χ4n) is 3.04. The summed E-state index contributed by atoms with van der Waals surface area (Å²) in [4.78, 5) is 24.3. The van der Waals surface area contributed by atoms with Crippen molar-refractivity contribution in [2.45, 2.75) is 30.0 Å². The number of imide groups is 1. The zero-order valence-electron chi connectivity index (χ0n) is 13.4. The molecule has 0 saturated carbocycles. The molecule has 0 spiro atoms. The third-order valence-electron chi connectivity index (χ3n) is 4.37. The maximum Gasteiger partial charge on any atom is 0.416 e. The third kappa shape index (κ3) is 3.60. The van der Waals surface area contributed by atoms with Crippen molar-refractivity contribution >= 4 is 32.9 Å². The summed E-state index contributed by atoms with van der Waals surface area (Å²) in [6.45, 7) is 0.0654. The van der Waals surface area contributed by atoms with E-state index in [9.17, 15) is 31.2 Å². The van der Waals surface area contributed by atoms with Gasteiger partial charge in [-0.2, -0.15) is 17.5 Å². The van der Waals surface area contributed by atoms with E-state index in [1.165, 1.54) is 4.90 Å². The first kappa shape index (κ1) is 19.2. The molecular formula is C15H15F3N2O4S2. The van der Waals surface area contributed by atoms with Crippen molar-refractivity contribution in [3.05, 3.63) is 29.8 Å². The van der Waals surface area contributed by atoms with Gasteiger partial charge in [0.25, 0.3) is 5.24 Å². The van der Waals surface area contributed by atoms with E-state index in [1.54, 1.807) is 0 Å². The summed E-state index contributed by atoms with van der Waals surface area (Å²) >= 11 is 0.913. The standard InChI is InChI=1S/C15H15F3N2O4S2/c16-15(17,18)10-2-1-3-12(8-10)26(23,24)19-6-4-11(5-7-19)20-13(21)9-25-14(20)22/h1-3,8,11H,4-7,9H2. The monoisotopic (exact) mass is 408 g/mol. The van der Waals surface area contributed by atoms with Crippen molar-refractivity contribution in [1.82, 2.24) is 9.21 Å². The minimum atomic E-state index is -4.63. The van der Waals surface area contributed by atoms with E-state index < -0.39 is 26.7 Å². The molecule has 0 bridgehead atoms. The van der Waals surface area contributed by atoms with E-state index in [0.29, 0.717) is 6.07 Å². The molecule has 26 heavy (non-hydrogen) atoms. The molecule has 3 rings (SSSR count). The summed E-state index contributed by atoms with van der Waals surface area (Å²) in [5.74, 6) is -0.208. The summed E-state index contributed by atoms with van der Waals surface area (Å²) < 4.78 is 64.8. The Hall–Kier alpha value is -1.59. The molecule has 0 aliphatic carbocycles. The lowest BCUT2D eigenvalue weighted by Gasteiger charge is -2.34. The van der Waals surface area contributed by atoms with Gasteiger partial charge in [-0.1, -0.05) is 17.8 Å². The molecular weight excluding hydrogens is 393 g/mol. The van der Waals surface area contributed by atoms with Crippen LogP contribution in [-0.4, -0.2) is 53.7 Å². The maximum atomic E-state index is 12.8. The van der Waals surface area contributed by atoms with Crippen LogP contribution in [0, 0.1) is 0 Å². The smallest absolute Gasteiger partial charge is 0.273 e. The first-order chi connectivity index (χ1) is 12.1. The van der Waals surface area contributed by atoms with Crippen LogP contribution in [-0.2, 0) is 21.0 Å². The highest BCUT2D eigenvalue weighted by Gasteiger charge is 2.40. The molecule has 1 aromatic carbocycles. The molecule has 2 aliphatic rings. The third-order valence-corrected chi connectivity index (χ3v) is 7.10. The van der Waals surface area contributed by atoms with Gasteiger partial charge in [-0.15, -0.1) is 0 Å². The maximum absolute atomic E-state index is 12.8. The van der Waals surface area contributed by atoms with Crippen LogP contribution < -0.4 is 0 Å². The number of sulfonamides is 1. The zero-order chi connectivity index (χ0) is 19.1. The number of carbonyl (C=O) groups excluding carboxylic acids is 2. The molecule has 0 N–H and O–H groups in total. The molecule has 0 radical (unpaired) electrons. The Labute approximate surface area is 152 Å². The molecule has 2 amide bonds. The van der Waals surface area contributed by atoms with E-state index in [1.807, 2.05) is 0 Å². The number of thioether (sulfide) groups is 1. The number of piperidine rings is 1. The number of halogens is 3. The lowest BCUT2D eigenvalue weighted by molar-refractivity contribution is -0.137. The lowest BCUT2D eigenvalue weighted by atomic mass is 10.1. The fourth-order valence-corrected chi connectivity index (χ4v) is 5.33.